The molecule has 1 aromatic carbocycles. The summed E-state index contributed by atoms with van der Waals surface area (Å²) in [7, 11) is 0. The highest BCUT2D eigenvalue weighted by molar-refractivity contribution is 5.94. The minimum Gasteiger partial charge on any atom is -0.336 e. The van der Waals surface area contributed by atoms with Gasteiger partial charge in [0.05, 0.1) is 6.07 Å². The van der Waals surface area contributed by atoms with Crippen LogP contribution < -0.4 is 5.73 Å². The van der Waals surface area contributed by atoms with E-state index in [1.54, 1.807) is 0 Å². The van der Waals surface area contributed by atoms with Crippen molar-refractivity contribution in [2.75, 3.05) is 39.3 Å². The molecule has 2 N–H and O–H groups in total. The molecule has 5 nitrogen and oxygen atoms in total. The van der Waals surface area contributed by atoms with Gasteiger partial charge in [-0.05, 0) is 30.7 Å². The van der Waals surface area contributed by atoms with E-state index in [0.717, 1.165) is 50.3 Å². The molecule has 1 heterocycles. The quantitative estimate of drug-likeness (QED) is 0.871. The van der Waals surface area contributed by atoms with E-state index in [9.17, 15) is 4.79 Å². The summed E-state index contributed by atoms with van der Waals surface area (Å²) in [6, 6.07) is 9.88. The van der Waals surface area contributed by atoms with Gasteiger partial charge in [-0.3, -0.25) is 9.69 Å². The van der Waals surface area contributed by atoms with Crippen molar-refractivity contribution in [1.82, 2.24) is 9.80 Å². The molecule has 0 aromatic heterocycles. The van der Waals surface area contributed by atoms with Crippen LogP contribution in [-0.2, 0) is 6.42 Å². The highest BCUT2D eigenvalue weighted by Crippen LogP contribution is 2.11. The van der Waals surface area contributed by atoms with Crippen LogP contribution in [0.2, 0.25) is 0 Å². The summed E-state index contributed by atoms with van der Waals surface area (Å²) in [6.45, 7) is 4.57. The number of hydrogen-bond donors (Lipinski definition) is 1. The fourth-order valence-corrected chi connectivity index (χ4v) is 2.55. The third kappa shape index (κ3) is 4.28. The van der Waals surface area contributed by atoms with Crippen molar-refractivity contribution >= 4 is 5.91 Å². The monoisotopic (exact) mass is 286 g/mol. The average Bonchev–Trinajstić information content (AvgIpc) is 2.54. The van der Waals surface area contributed by atoms with Crippen molar-refractivity contribution < 1.29 is 4.79 Å². The molecule has 0 spiro atoms. The molecule has 5 heteroatoms. The first-order valence-corrected chi connectivity index (χ1v) is 7.42. The topological polar surface area (TPSA) is 73.4 Å². The molecule has 0 bridgehead atoms. The van der Waals surface area contributed by atoms with Gasteiger partial charge in [0.25, 0.3) is 5.91 Å². The number of hydrogen-bond acceptors (Lipinski definition) is 4. The number of carbonyl (C=O) groups excluding carboxylic acids is 1. The summed E-state index contributed by atoms with van der Waals surface area (Å²) in [5, 5.41) is 8.60. The Labute approximate surface area is 125 Å². The Morgan fingerprint density at radius 1 is 1.19 bits per heavy atom. The fraction of sp³-hybridized carbons (Fsp3) is 0.500. The van der Waals surface area contributed by atoms with Crippen LogP contribution in [-0.4, -0.2) is 55.0 Å². The summed E-state index contributed by atoms with van der Waals surface area (Å²) >= 11 is 0. The van der Waals surface area contributed by atoms with Gasteiger partial charge in [0.15, 0.2) is 0 Å². The largest absolute Gasteiger partial charge is 0.336 e. The van der Waals surface area contributed by atoms with Crippen LogP contribution in [0.1, 0.15) is 22.3 Å². The first kappa shape index (κ1) is 15.5. The normalized spacial score (nSPS) is 15.7. The molecule has 0 saturated carbocycles. The Kier molecular flexibility index (Phi) is 5.73. The lowest BCUT2D eigenvalue weighted by Crippen LogP contribution is -2.48. The molecule has 1 saturated heterocycles. The summed E-state index contributed by atoms with van der Waals surface area (Å²) < 4.78 is 0. The van der Waals surface area contributed by atoms with Crippen molar-refractivity contribution in [2.45, 2.75) is 12.8 Å². The van der Waals surface area contributed by atoms with Crippen molar-refractivity contribution in [2.24, 2.45) is 5.73 Å². The Morgan fingerprint density at radius 3 is 2.43 bits per heavy atom. The number of carbonyl (C=O) groups is 1. The summed E-state index contributed by atoms with van der Waals surface area (Å²) in [6.07, 6.45) is 1.39. The third-order valence-corrected chi connectivity index (χ3v) is 3.83. The average molecular weight is 286 g/mol. The van der Waals surface area contributed by atoms with Crippen LogP contribution in [0, 0.1) is 11.3 Å². The smallest absolute Gasteiger partial charge is 0.253 e. The van der Waals surface area contributed by atoms with Crippen molar-refractivity contribution in [3.05, 3.63) is 35.4 Å². The second kappa shape index (κ2) is 7.77. The van der Waals surface area contributed by atoms with Gasteiger partial charge >= 0.3 is 0 Å². The summed E-state index contributed by atoms with van der Waals surface area (Å²) in [5.74, 6) is 0.0919. The van der Waals surface area contributed by atoms with Crippen LogP contribution in [0.25, 0.3) is 0 Å². The van der Waals surface area contributed by atoms with Crippen LogP contribution in [0.5, 0.6) is 0 Å². The summed E-state index contributed by atoms with van der Waals surface area (Å²) in [4.78, 5) is 16.5. The Hall–Kier alpha value is -1.90. The van der Waals surface area contributed by atoms with Crippen LogP contribution >= 0.6 is 0 Å². The van der Waals surface area contributed by atoms with E-state index in [0.29, 0.717) is 13.0 Å². The zero-order valence-corrected chi connectivity index (χ0v) is 12.3. The SMILES string of the molecule is N#CCCN1CCN(C(=O)c2ccc(CCN)cc2)CC1. The Balaban J connectivity index is 1.88. The first-order valence-electron chi connectivity index (χ1n) is 7.42. The molecule has 0 atom stereocenters. The lowest BCUT2D eigenvalue weighted by Gasteiger charge is -2.34. The second-order valence-electron chi connectivity index (χ2n) is 5.28. The number of benzene rings is 1. The number of rotatable bonds is 5. The molecule has 21 heavy (non-hydrogen) atoms. The van der Waals surface area contributed by atoms with E-state index in [1.807, 2.05) is 29.2 Å². The van der Waals surface area contributed by atoms with E-state index in [-0.39, 0.29) is 5.91 Å². The van der Waals surface area contributed by atoms with Crippen LogP contribution in [0.4, 0.5) is 0 Å². The molecule has 1 aromatic rings. The number of amides is 1. The molecular formula is C16H22N4O. The highest BCUT2D eigenvalue weighted by Gasteiger charge is 2.21. The fourth-order valence-electron chi connectivity index (χ4n) is 2.55. The maximum absolute atomic E-state index is 12.4. The number of nitriles is 1. The van der Waals surface area contributed by atoms with E-state index in [1.165, 1.54) is 0 Å². The lowest BCUT2D eigenvalue weighted by atomic mass is 10.1. The first-order chi connectivity index (χ1) is 10.2. The van der Waals surface area contributed by atoms with Crippen molar-refractivity contribution in [1.29, 1.82) is 5.26 Å². The van der Waals surface area contributed by atoms with Crippen molar-refractivity contribution in [3.8, 4) is 6.07 Å². The van der Waals surface area contributed by atoms with Gasteiger partial charge in [-0.15, -0.1) is 0 Å². The number of nitrogens with zero attached hydrogens (tertiary/aromatic N) is 3. The highest BCUT2D eigenvalue weighted by atomic mass is 16.2. The van der Waals surface area contributed by atoms with Gasteiger partial charge in [0.2, 0.25) is 0 Å². The number of nitrogens with two attached hydrogens (primary N) is 1. The predicted molar refractivity (Wildman–Crippen MR) is 81.8 cm³/mol. The molecule has 1 fully saturated rings. The van der Waals surface area contributed by atoms with Gasteiger partial charge in [-0.25, -0.2) is 0 Å². The Bertz CT molecular complexity index is 498. The molecular weight excluding hydrogens is 264 g/mol. The van der Waals surface area contributed by atoms with E-state index >= 15 is 0 Å². The zero-order chi connectivity index (χ0) is 15.1. The molecule has 112 valence electrons. The molecule has 0 radical (unpaired) electrons. The third-order valence-electron chi connectivity index (χ3n) is 3.83. The van der Waals surface area contributed by atoms with Gasteiger partial charge in [0.1, 0.15) is 0 Å². The van der Waals surface area contributed by atoms with Crippen LogP contribution in [0.15, 0.2) is 24.3 Å². The van der Waals surface area contributed by atoms with E-state index < -0.39 is 0 Å². The van der Waals surface area contributed by atoms with E-state index in [2.05, 4.69) is 11.0 Å². The number of piperazine rings is 1. The van der Waals surface area contributed by atoms with Gasteiger partial charge < -0.3 is 10.6 Å². The second-order valence-corrected chi connectivity index (χ2v) is 5.28. The van der Waals surface area contributed by atoms with Crippen molar-refractivity contribution in [3.63, 3.8) is 0 Å². The molecule has 1 amide bonds. The molecule has 0 unspecified atom stereocenters. The van der Waals surface area contributed by atoms with E-state index in [4.69, 9.17) is 11.0 Å². The minimum atomic E-state index is 0.0919. The maximum atomic E-state index is 12.4. The zero-order valence-electron chi connectivity index (χ0n) is 12.3. The van der Waals surface area contributed by atoms with Gasteiger partial charge in [-0.2, -0.15) is 5.26 Å². The minimum absolute atomic E-state index is 0.0919. The Morgan fingerprint density at radius 2 is 1.86 bits per heavy atom. The summed E-state index contributed by atoms with van der Waals surface area (Å²) in [5.41, 5.74) is 7.42. The molecule has 1 aliphatic rings. The predicted octanol–water partition coefficient (Wildman–Crippen LogP) is 0.859. The van der Waals surface area contributed by atoms with Gasteiger partial charge in [0, 0.05) is 44.7 Å². The molecule has 0 aliphatic carbocycles. The standard InChI is InChI=1S/C16H22N4O/c17-7-1-9-19-10-12-20(13-11-19)16(21)15-4-2-14(3-5-15)6-8-18/h2-5H,1,6,8-13,18H2. The van der Waals surface area contributed by atoms with Gasteiger partial charge in [-0.1, -0.05) is 12.1 Å². The lowest BCUT2D eigenvalue weighted by molar-refractivity contribution is 0.0639. The molecule has 1 aliphatic heterocycles. The molecule has 2 rings (SSSR count). The maximum Gasteiger partial charge on any atom is 0.253 e. The van der Waals surface area contributed by atoms with Crippen LogP contribution in [0.3, 0.4) is 0 Å².